The number of hydrogen-bond acceptors (Lipinski definition) is 5. The van der Waals surface area contributed by atoms with E-state index in [4.69, 9.17) is 4.74 Å². The normalized spacial score (nSPS) is 23.4. The van der Waals surface area contributed by atoms with E-state index in [1.165, 1.54) is 19.1 Å². The Kier molecular flexibility index (Phi) is 2.47. The number of ether oxygens (including phenoxy) is 1. The number of Topliss-reactive ketones (excluding diaryl/α,β-unsaturated/α-hetero) is 1. The van der Waals surface area contributed by atoms with Crippen molar-refractivity contribution in [1.82, 2.24) is 0 Å². The number of rotatable bonds is 1. The smallest absolute Gasteiger partial charge is 0.182 e. The molecule has 0 fully saturated rings. The van der Waals surface area contributed by atoms with Gasteiger partial charge in [0.1, 0.15) is 23.4 Å². The van der Waals surface area contributed by atoms with Gasteiger partial charge >= 0.3 is 0 Å². The summed E-state index contributed by atoms with van der Waals surface area (Å²) in [6, 6.07) is 2.49. The number of carbonyl (C=O) groups excluding carboxylic acids is 1. The summed E-state index contributed by atoms with van der Waals surface area (Å²) >= 11 is 0. The minimum Gasteiger partial charge on any atom is -0.508 e. The minimum absolute atomic E-state index is 0.131. The van der Waals surface area contributed by atoms with Crippen molar-refractivity contribution in [1.29, 1.82) is 0 Å². The summed E-state index contributed by atoms with van der Waals surface area (Å²) < 4.78 is 5.25. The molecule has 0 aliphatic carbocycles. The van der Waals surface area contributed by atoms with Crippen molar-refractivity contribution >= 4 is 5.78 Å². The van der Waals surface area contributed by atoms with Gasteiger partial charge in [-0.05, 0) is 6.92 Å². The lowest BCUT2D eigenvalue weighted by Gasteiger charge is -2.29. The maximum Gasteiger partial charge on any atom is 0.182 e. The Labute approximate surface area is 91.9 Å². The Bertz CT molecular complexity index is 440. The van der Waals surface area contributed by atoms with Crippen LogP contribution in [0.1, 0.15) is 12.5 Å². The first kappa shape index (κ1) is 10.8. The second kappa shape index (κ2) is 3.68. The van der Waals surface area contributed by atoms with E-state index in [2.05, 4.69) is 0 Å². The molecule has 86 valence electrons. The van der Waals surface area contributed by atoms with Crippen LogP contribution in [0.15, 0.2) is 12.1 Å². The molecule has 0 saturated heterocycles. The van der Waals surface area contributed by atoms with Crippen molar-refractivity contribution in [2.24, 2.45) is 0 Å². The largest absolute Gasteiger partial charge is 0.508 e. The number of benzene rings is 1. The van der Waals surface area contributed by atoms with Crippen LogP contribution < -0.4 is 4.74 Å². The molecule has 0 amide bonds. The fourth-order valence-corrected chi connectivity index (χ4v) is 1.81. The maximum atomic E-state index is 11.2. The predicted molar refractivity (Wildman–Crippen MR) is 54.6 cm³/mol. The second-order valence-electron chi connectivity index (χ2n) is 3.86. The lowest BCUT2D eigenvalue weighted by molar-refractivity contribution is -0.129. The number of hydrogen-bond donors (Lipinski definition) is 3. The Balaban J connectivity index is 2.43. The molecule has 0 bridgehead atoms. The minimum atomic E-state index is -0.972. The van der Waals surface area contributed by atoms with Crippen molar-refractivity contribution < 1.29 is 24.9 Å². The second-order valence-corrected chi connectivity index (χ2v) is 3.86. The molecular formula is C11H12O5. The molecule has 1 aromatic carbocycles. The fraction of sp³-hybridized carbons (Fsp3) is 0.364. The van der Waals surface area contributed by atoms with Crippen molar-refractivity contribution in [3.63, 3.8) is 0 Å². The summed E-state index contributed by atoms with van der Waals surface area (Å²) in [5.41, 5.74) is 0.405. The molecule has 1 aliphatic heterocycles. The van der Waals surface area contributed by atoms with Crippen LogP contribution >= 0.6 is 0 Å². The van der Waals surface area contributed by atoms with Crippen molar-refractivity contribution in [2.75, 3.05) is 0 Å². The third kappa shape index (κ3) is 1.69. The molecule has 1 aliphatic rings. The van der Waals surface area contributed by atoms with Crippen molar-refractivity contribution in [3.05, 3.63) is 17.7 Å². The average molecular weight is 224 g/mol. The Morgan fingerprint density at radius 3 is 2.75 bits per heavy atom. The highest BCUT2D eigenvalue weighted by Gasteiger charge is 2.33. The van der Waals surface area contributed by atoms with Gasteiger partial charge in [0.15, 0.2) is 11.9 Å². The first-order chi connectivity index (χ1) is 7.49. The Hall–Kier alpha value is -1.75. The van der Waals surface area contributed by atoms with Gasteiger partial charge in [-0.1, -0.05) is 0 Å². The van der Waals surface area contributed by atoms with Crippen LogP contribution in [0.25, 0.3) is 0 Å². The molecule has 0 saturated carbocycles. The van der Waals surface area contributed by atoms with E-state index in [-0.39, 0.29) is 29.5 Å². The standard InChI is InChI=1S/C11H12O5/c1-5(12)11-9(15)4-7-8(14)2-6(13)3-10(7)16-11/h2-3,9,11,13-15H,4H2,1H3. The average Bonchev–Trinajstić information content (AvgIpc) is 2.18. The van der Waals surface area contributed by atoms with Crippen LogP contribution in [-0.4, -0.2) is 33.3 Å². The molecule has 16 heavy (non-hydrogen) atoms. The highest BCUT2D eigenvalue weighted by atomic mass is 16.5. The van der Waals surface area contributed by atoms with Gasteiger partial charge in [-0.2, -0.15) is 0 Å². The number of aliphatic hydroxyl groups is 1. The summed E-state index contributed by atoms with van der Waals surface area (Å²) in [6.07, 6.45) is -1.78. The van der Waals surface area contributed by atoms with Crippen LogP contribution in [0.2, 0.25) is 0 Å². The molecule has 2 unspecified atom stereocenters. The van der Waals surface area contributed by atoms with E-state index >= 15 is 0 Å². The summed E-state index contributed by atoms with van der Waals surface area (Å²) in [7, 11) is 0. The number of phenols is 2. The molecule has 2 rings (SSSR count). The lowest BCUT2D eigenvalue weighted by Crippen LogP contribution is -2.42. The summed E-state index contributed by atoms with van der Waals surface area (Å²) in [6.45, 7) is 1.32. The summed E-state index contributed by atoms with van der Waals surface area (Å²) in [5.74, 6) is -0.338. The zero-order valence-electron chi connectivity index (χ0n) is 8.67. The number of carbonyl (C=O) groups is 1. The monoisotopic (exact) mass is 224 g/mol. The maximum absolute atomic E-state index is 11.2. The van der Waals surface area contributed by atoms with E-state index < -0.39 is 12.2 Å². The van der Waals surface area contributed by atoms with Gasteiger partial charge in [0.2, 0.25) is 0 Å². The summed E-state index contributed by atoms with van der Waals surface area (Å²) in [4.78, 5) is 11.2. The number of aromatic hydroxyl groups is 2. The van der Waals surface area contributed by atoms with Gasteiger partial charge < -0.3 is 20.1 Å². The van der Waals surface area contributed by atoms with Gasteiger partial charge in [-0.15, -0.1) is 0 Å². The van der Waals surface area contributed by atoms with Gasteiger partial charge in [0.25, 0.3) is 0 Å². The zero-order valence-corrected chi connectivity index (χ0v) is 8.67. The van der Waals surface area contributed by atoms with Gasteiger partial charge in [-0.25, -0.2) is 0 Å². The van der Waals surface area contributed by atoms with E-state index in [0.29, 0.717) is 5.56 Å². The Morgan fingerprint density at radius 2 is 2.12 bits per heavy atom. The first-order valence-corrected chi connectivity index (χ1v) is 4.89. The molecular weight excluding hydrogens is 212 g/mol. The number of aliphatic hydroxyl groups excluding tert-OH is 1. The quantitative estimate of drug-likeness (QED) is 0.640. The van der Waals surface area contributed by atoms with Crippen molar-refractivity contribution in [2.45, 2.75) is 25.6 Å². The number of phenolic OH excluding ortho intramolecular Hbond substituents is 2. The van der Waals surface area contributed by atoms with Gasteiger partial charge in [0.05, 0.1) is 0 Å². The highest BCUT2D eigenvalue weighted by molar-refractivity contribution is 5.82. The van der Waals surface area contributed by atoms with E-state index in [1.807, 2.05) is 0 Å². The van der Waals surface area contributed by atoms with Gasteiger partial charge in [-0.3, -0.25) is 4.79 Å². The lowest BCUT2D eigenvalue weighted by atomic mass is 9.96. The van der Waals surface area contributed by atoms with Crippen LogP contribution in [0.3, 0.4) is 0 Å². The summed E-state index contributed by atoms with van der Waals surface area (Å²) in [5, 5.41) is 28.5. The Morgan fingerprint density at radius 1 is 1.44 bits per heavy atom. The van der Waals surface area contributed by atoms with Crippen LogP contribution in [0.4, 0.5) is 0 Å². The fourth-order valence-electron chi connectivity index (χ4n) is 1.81. The first-order valence-electron chi connectivity index (χ1n) is 4.89. The third-order valence-electron chi connectivity index (χ3n) is 2.59. The van der Waals surface area contributed by atoms with E-state index in [9.17, 15) is 20.1 Å². The zero-order chi connectivity index (χ0) is 11.9. The van der Waals surface area contributed by atoms with E-state index in [1.54, 1.807) is 0 Å². The molecule has 1 aromatic rings. The SMILES string of the molecule is CC(=O)C1Oc2cc(O)cc(O)c2CC1O. The molecule has 2 atom stereocenters. The number of fused-ring (bicyclic) bond motifs is 1. The third-order valence-corrected chi connectivity index (χ3v) is 2.59. The number of ketones is 1. The molecule has 3 N–H and O–H groups in total. The molecule has 5 heteroatoms. The molecule has 0 aromatic heterocycles. The van der Waals surface area contributed by atoms with Crippen molar-refractivity contribution in [3.8, 4) is 17.2 Å². The predicted octanol–water partition coefficient (Wildman–Crippen LogP) is 0.351. The molecule has 0 radical (unpaired) electrons. The van der Waals surface area contributed by atoms with Crippen LogP contribution in [0, 0.1) is 0 Å². The van der Waals surface area contributed by atoms with Gasteiger partial charge in [0, 0.05) is 24.1 Å². The topological polar surface area (TPSA) is 87.0 Å². The molecule has 5 nitrogen and oxygen atoms in total. The van der Waals surface area contributed by atoms with Crippen LogP contribution in [0.5, 0.6) is 17.2 Å². The molecule has 1 heterocycles. The van der Waals surface area contributed by atoms with Crippen LogP contribution in [-0.2, 0) is 11.2 Å². The van der Waals surface area contributed by atoms with E-state index in [0.717, 1.165) is 0 Å². The molecule has 0 spiro atoms. The highest BCUT2D eigenvalue weighted by Crippen LogP contribution is 2.37.